The van der Waals surface area contributed by atoms with Gasteiger partial charge in [-0.05, 0) is 33.0 Å². The molecule has 6 heteroatoms. The van der Waals surface area contributed by atoms with Crippen LogP contribution < -0.4 is 16.6 Å². The standard InChI is InChI=1S/C10H17N5O/c1-15-4-2-7(3-5-15)14-9-8(11)10(16)13-6-12-9/h6-7H,2-5,11H2,1H3,(H2,12,13,14,16). The van der Waals surface area contributed by atoms with Crippen molar-refractivity contribution in [3.63, 3.8) is 0 Å². The molecule has 0 bridgehead atoms. The molecule has 1 aliphatic rings. The van der Waals surface area contributed by atoms with Crippen LogP contribution in [0.1, 0.15) is 12.8 Å². The summed E-state index contributed by atoms with van der Waals surface area (Å²) in [5.41, 5.74) is 5.53. The topological polar surface area (TPSA) is 87.0 Å². The van der Waals surface area contributed by atoms with Crippen LogP contribution in [0.2, 0.25) is 0 Å². The SMILES string of the molecule is CN1CCC(Nc2nc[nH]c(=O)c2N)CC1. The van der Waals surface area contributed by atoms with Gasteiger partial charge in [0.15, 0.2) is 5.82 Å². The molecule has 16 heavy (non-hydrogen) atoms. The predicted octanol–water partition coefficient (Wildman–Crippen LogP) is -0.142. The van der Waals surface area contributed by atoms with E-state index in [0.29, 0.717) is 11.9 Å². The molecule has 6 nitrogen and oxygen atoms in total. The van der Waals surface area contributed by atoms with Gasteiger partial charge < -0.3 is 20.9 Å². The first-order valence-corrected chi connectivity index (χ1v) is 5.45. The van der Waals surface area contributed by atoms with E-state index in [9.17, 15) is 4.79 Å². The summed E-state index contributed by atoms with van der Waals surface area (Å²) in [4.78, 5) is 20.0. The number of piperidine rings is 1. The molecular weight excluding hydrogens is 206 g/mol. The molecule has 0 radical (unpaired) electrons. The van der Waals surface area contributed by atoms with Gasteiger partial charge in [0.1, 0.15) is 5.69 Å². The third kappa shape index (κ3) is 2.33. The van der Waals surface area contributed by atoms with Gasteiger partial charge in [0.2, 0.25) is 0 Å². The van der Waals surface area contributed by atoms with Crippen LogP contribution >= 0.6 is 0 Å². The number of nitrogens with one attached hydrogen (secondary N) is 2. The average molecular weight is 223 g/mol. The first-order chi connectivity index (χ1) is 7.66. The van der Waals surface area contributed by atoms with E-state index < -0.39 is 0 Å². The van der Waals surface area contributed by atoms with Crippen LogP contribution in [0.4, 0.5) is 11.5 Å². The molecule has 1 aromatic heterocycles. The number of anilines is 2. The fourth-order valence-electron chi connectivity index (χ4n) is 1.87. The smallest absolute Gasteiger partial charge is 0.276 e. The number of rotatable bonds is 2. The van der Waals surface area contributed by atoms with Gasteiger partial charge in [0.05, 0.1) is 6.33 Å². The molecule has 0 atom stereocenters. The van der Waals surface area contributed by atoms with Crippen LogP contribution in [-0.2, 0) is 0 Å². The summed E-state index contributed by atoms with van der Waals surface area (Å²) in [5, 5.41) is 3.23. The zero-order valence-electron chi connectivity index (χ0n) is 9.36. The molecule has 2 heterocycles. The van der Waals surface area contributed by atoms with Gasteiger partial charge in [-0.1, -0.05) is 0 Å². The first-order valence-electron chi connectivity index (χ1n) is 5.45. The number of aromatic amines is 1. The summed E-state index contributed by atoms with van der Waals surface area (Å²) in [7, 11) is 2.11. The molecule has 4 N–H and O–H groups in total. The van der Waals surface area contributed by atoms with Crippen LogP contribution in [0.5, 0.6) is 0 Å². The Morgan fingerprint density at radius 3 is 2.94 bits per heavy atom. The molecule has 0 unspecified atom stereocenters. The number of H-pyrrole nitrogens is 1. The summed E-state index contributed by atoms with van der Waals surface area (Å²) in [6.07, 6.45) is 3.46. The van der Waals surface area contributed by atoms with Gasteiger partial charge in [0, 0.05) is 6.04 Å². The molecule has 1 aromatic rings. The van der Waals surface area contributed by atoms with Crippen LogP contribution in [0.3, 0.4) is 0 Å². The Morgan fingerprint density at radius 2 is 2.25 bits per heavy atom. The number of hydrogen-bond donors (Lipinski definition) is 3. The second-order valence-corrected chi connectivity index (χ2v) is 4.22. The summed E-state index contributed by atoms with van der Waals surface area (Å²) in [6, 6.07) is 0.354. The fraction of sp³-hybridized carbons (Fsp3) is 0.600. The quantitative estimate of drug-likeness (QED) is 0.649. The molecule has 1 saturated heterocycles. The van der Waals surface area contributed by atoms with Crippen molar-refractivity contribution in [2.75, 3.05) is 31.2 Å². The van der Waals surface area contributed by atoms with Crippen molar-refractivity contribution < 1.29 is 0 Å². The molecule has 0 amide bonds. The first kappa shape index (κ1) is 10.9. The number of nitrogen functional groups attached to an aromatic ring is 1. The van der Waals surface area contributed by atoms with Gasteiger partial charge >= 0.3 is 0 Å². The minimum absolute atomic E-state index is 0.168. The Hall–Kier alpha value is -1.56. The molecule has 0 spiro atoms. The van der Waals surface area contributed by atoms with E-state index in [-0.39, 0.29) is 11.2 Å². The highest BCUT2D eigenvalue weighted by Gasteiger charge is 2.17. The Morgan fingerprint density at radius 1 is 1.56 bits per heavy atom. The highest BCUT2D eigenvalue weighted by Crippen LogP contribution is 2.16. The van der Waals surface area contributed by atoms with Gasteiger partial charge in [-0.3, -0.25) is 4.79 Å². The highest BCUT2D eigenvalue weighted by molar-refractivity contribution is 5.59. The maximum Gasteiger partial charge on any atom is 0.276 e. The maximum atomic E-state index is 11.3. The highest BCUT2D eigenvalue weighted by atomic mass is 16.1. The van der Waals surface area contributed by atoms with Crippen LogP contribution in [0.25, 0.3) is 0 Å². The molecule has 0 aliphatic carbocycles. The molecule has 2 rings (SSSR count). The van der Waals surface area contributed by atoms with Crippen molar-refractivity contribution >= 4 is 11.5 Å². The predicted molar refractivity (Wildman–Crippen MR) is 63.4 cm³/mol. The minimum atomic E-state index is -0.287. The van der Waals surface area contributed by atoms with E-state index in [1.807, 2.05) is 0 Å². The zero-order chi connectivity index (χ0) is 11.5. The lowest BCUT2D eigenvalue weighted by atomic mass is 10.1. The van der Waals surface area contributed by atoms with Gasteiger partial charge in [-0.15, -0.1) is 0 Å². The zero-order valence-corrected chi connectivity index (χ0v) is 9.36. The molecule has 1 fully saturated rings. The van der Waals surface area contributed by atoms with Crippen LogP contribution in [-0.4, -0.2) is 41.0 Å². The maximum absolute atomic E-state index is 11.3. The van der Waals surface area contributed by atoms with Gasteiger partial charge in [-0.2, -0.15) is 0 Å². The third-order valence-electron chi connectivity index (χ3n) is 2.95. The monoisotopic (exact) mass is 223 g/mol. The van der Waals surface area contributed by atoms with Crippen LogP contribution in [0, 0.1) is 0 Å². The van der Waals surface area contributed by atoms with Crippen molar-refractivity contribution in [3.05, 3.63) is 16.7 Å². The van der Waals surface area contributed by atoms with Gasteiger partial charge in [0.25, 0.3) is 5.56 Å². The summed E-state index contributed by atoms with van der Waals surface area (Å²) in [5.74, 6) is 0.498. The van der Waals surface area contributed by atoms with Crippen molar-refractivity contribution in [2.45, 2.75) is 18.9 Å². The Labute approximate surface area is 93.9 Å². The van der Waals surface area contributed by atoms with E-state index in [2.05, 4.69) is 27.2 Å². The summed E-state index contributed by atoms with van der Waals surface area (Å²) in [6.45, 7) is 2.11. The number of nitrogens with two attached hydrogens (primary N) is 1. The van der Waals surface area contributed by atoms with E-state index in [4.69, 9.17) is 5.73 Å². The molecule has 1 aliphatic heterocycles. The Kier molecular flexibility index (Phi) is 3.09. The average Bonchev–Trinajstić information content (AvgIpc) is 2.28. The minimum Gasteiger partial charge on any atom is -0.391 e. The number of hydrogen-bond acceptors (Lipinski definition) is 5. The summed E-state index contributed by atoms with van der Waals surface area (Å²) < 4.78 is 0. The van der Waals surface area contributed by atoms with E-state index in [1.165, 1.54) is 6.33 Å². The molecule has 0 saturated carbocycles. The molecular formula is C10H17N5O. The van der Waals surface area contributed by atoms with E-state index >= 15 is 0 Å². The third-order valence-corrected chi connectivity index (χ3v) is 2.95. The second kappa shape index (κ2) is 4.52. The fourth-order valence-corrected chi connectivity index (χ4v) is 1.87. The van der Waals surface area contributed by atoms with Crippen molar-refractivity contribution in [2.24, 2.45) is 0 Å². The number of aromatic nitrogens is 2. The van der Waals surface area contributed by atoms with E-state index in [1.54, 1.807) is 0 Å². The lowest BCUT2D eigenvalue weighted by Gasteiger charge is -2.29. The van der Waals surface area contributed by atoms with E-state index in [0.717, 1.165) is 25.9 Å². The second-order valence-electron chi connectivity index (χ2n) is 4.22. The Bertz CT molecular complexity index is 408. The lowest BCUT2D eigenvalue weighted by Crippen LogP contribution is -2.37. The molecule has 88 valence electrons. The number of nitrogens with zero attached hydrogens (tertiary/aromatic N) is 2. The van der Waals surface area contributed by atoms with Crippen LogP contribution in [0.15, 0.2) is 11.1 Å². The van der Waals surface area contributed by atoms with Gasteiger partial charge in [-0.25, -0.2) is 4.98 Å². The number of likely N-dealkylation sites (tertiary alicyclic amines) is 1. The summed E-state index contributed by atoms with van der Waals surface area (Å²) >= 11 is 0. The lowest BCUT2D eigenvalue weighted by molar-refractivity contribution is 0.263. The van der Waals surface area contributed by atoms with Crippen molar-refractivity contribution in [1.29, 1.82) is 0 Å². The normalized spacial score (nSPS) is 18.6. The largest absolute Gasteiger partial charge is 0.391 e. The van der Waals surface area contributed by atoms with Crippen molar-refractivity contribution in [1.82, 2.24) is 14.9 Å². The van der Waals surface area contributed by atoms with Crippen molar-refractivity contribution in [3.8, 4) is 0 Å². The Balaban J connectivity index is 2.04. The molecule has 0 aromatic carbocycles.